The number of carbonyl (C=O) groups excluding carboxylic acids is 1. The van der Waals surface area contributed by atoms with Crippen LogP contribution in [0.1, 0.15) is 110 Å². The first-order valence-corrected chi connectivity index (χ1v) is 11.1. The monoisotopic (exact) mass is 353 g/mol. The van der Waals surface area contributed by atoms with Crippen molar-refractivity contribution in [2.24, 2.45) is 0 Å². The van der Waals surface area contributed by atoms with Crippen LogP contribution in [0.5, 0.6) is 0 Å². The molecule has 1 aliphatic rings. The van der Waals surface area contributed by atoms with Crippen molar-refractivity contribution >= 4 is 5.97 Å². The molecule has 1 rings (SSSR count). The number of piperidine rings is 1. The zero-order valence-corrected chi connectivity index (χ0v) is 17.1. The van der Waals surface area contributed by atoms with Crippen LogP contribution in [0, 0.1) is 0 Å². The fourth-order valence-corrected chi connectivity index (χ4v) is 3.63. The van der Waals surface area contributed by atoms with Gasteiger partial charge in [-0.05, 0) is 26.3 Å². The van der Waals surface area contributed by atoms with Gasteiger partial charge >= 0.3 is 5.97 Å². The van der Waals surface area contributed by atoms with Crippen LogP contribution in [0.4, 0.5) is 0 Å². The minimum Gasteiger partial charge on any atom is -0.462 e. The zero-order valence-electron chi connectivity index (χ0n) is 17.1. The largest absolute Gasteiger partial charge is 0.462 e. The molecule has 0 aliphatic carbocycles. The van der Waals surface area contributed by atoms with Crippen molar-refractivity contribution in [3.8, 4) is 0 Å². The molecular weight excluding hydrogens is 310 g/mol. The third kappa shape index (κ3) is 13.3. The number of hydrogen-bond donors (Lipinski definition) is 0. The SMILES string of the molecule is CCCCCCCCCCCCCCCC(=O)OC1CCN(C)CC1. The Hall–Kier alpha value is -0.570. The molecule has 0 aromatic heterocycles. The van der Waals surface area contributed by atoms with Crippen LogP contribution in [-0.4, -0.2) is 37.1 Å². The number of nitrogens with zero attached hydrogens (tertiary/aromatic N) is 1. The smallest absolute Gasteiger partial charge is 0.306 e. The summed E-state index contributed by atoms with van der Waals surface area (Å²) in [6, 6.07) is 0. The molecule has 1 saturated heterocycles. The molecule has 1 aliphatic heterocycles. The molecule has 0 amide bonds. The Morgan fingerprint density at radius 1 is 0.800 bits per heavy atom. The summed E-state index contributed by atoms with van der Waals surface area (Å²) >= 11 is 0. The first-order chi connectivity index (χ1) is 12.2. The van der Waals surface area contributed by atoms with Crippen molar-refractivity contribution in [1.82, 2.24) is 4.90 Å². The standard InChI is InChI=1S/C22H43NO2/c1-3-4-5-6-7-8-9-10-11-12-13-14-15-16-22(24)25-21-17-19-23(2)20-18-21/h21H,3-20H2,1-2H3. The molecule has 1 fully saturated rings. The van der Waals surface area contributed by atoms with Crippen LogP contribution in [0.15, 0.2) is 0 Å². The molecule has 148 valence electrons. The highest BCUT2D eigenvalue weighted by Crippen LogP contribution is 2.15. The average molecular weight is 354 g/mol. The highest BCUT2D eigenvalue weighted by molar-refractivity contribution is 5.69. The van der Waals surface area contributed by atoms with E-state index in [-0.39, 0.29) is 12.1 Å². The number of esters is 1. The first-order valence-electron chi connectivity index (χ1n) is 11.1. The van der Waals surface area contributed by atoms with Crippen LogP contribution in [0.25, 0.3) is 0 Å². The van der Waals surface area contributed by atoms with Gasteiger partial charge in [-0.15, -0.1) is 0 Å². The molecule has 0 aromatic carbocycles. The number of rotatable bonds is 15. The van der Waals surface area contributed by atoms with Gasteiger partial charge in [0, 0.05) is 19.5 Å². The first kappa shape index (κ1) is 22.5. The molecular formula is C22H43NO2. The van der Waals surface area contributed by atoms with Gasteiger partial charge in [-0.1, -0.05) is 84.0 Å². The number of hydrogen-bond acceptors (Lipinski definition) is 3. The molecule has 0 spiro atoms. The molecule has 3 nitrogen and oxygen atoms in total. The van der Waals surface area contributed by atoms with Gasteiger partial charge in [0.2, 0.25) is 0 Å². The summed E-state index contributed by atoms with van der Waals surface area (Å²) in [6.45, 7) is 4.38. The van der Waals surface area contributed by atoms with Crippen molar-refractivity contribution in [2.45, 2.75) is 116 Å². The van der Waals surface area contributed by atoms with Crippen molar-refractivity contribution in [3.63, 3.8) is 0 Å². The van der Waals surface area contributed by atoms with Gasteiger partial charge in [0.1, 0.15) is 6.10 Å². The van der Waals surface area contributed by atoms with Crippen LogP contribution in [0.2, 0.25) is 0 Å². The number of ether oxygens (including phenoxy) is 1. The minimum atomic E-state index is 0.0256. The van der Waals surface area contributed by atoms with E-state index in [1.165, 1.54) is 77.0 Å². The highest BCUT2D eigenvalue weighted by Gasteiger charge is 2.19. The number of carbonyl (C=O) groups is 1. The van der Waals surface area contributed by atoms with E-state index in [4.69, 9.17) is 4.74 Å². The molecule has 0 bridgehead atoms. The second-order valence-corrected chi connectivity index (χ2v) is 7.99. The Labute approximate surface area is 156 Å². The summed E-state index contributed by atoms with van der Waals surface area (Å²) in [5.74, 6) is 0.0256. The van der Waals surface area contributed by atoms with Crippen molar-refractivity contribution in [2.75, 3.05) is 20.1 Å². The lowest BCUT2D eigenvalue weighted by molar-refractivity contribution is -0.151. The van der Waals surface area contributed by atoms with Crippen molar-refractivity contribution in [3.05, 3.63) is 0 Å². The van der Waals surface area contributed by atoms with Gasteiger partial charge in [-0.3, -0.25) is 4.79 Å². The summed E-state index contributed by atoms with van der Waals surface area (Å²) < 4.78 is 5.58. The maximum Gasteiger partial charge on any atom is 0.306 e. The lowest BCUT2D eigenvalue weighted by Gasteiger charge is -2.28. The molecule has 0 radical (unpaired) electrons. The van der Waals surface area contributed by atoms with E-state index in [1.807, 2.05) is 0 Å². The Kier molecular flexibility index (Phi) is 14.1. The average Bonchev–Trinajstić information content (AvgIpc) is 2.61. The van der Waals surface area contributed by atoms with E-state index in [9.17, 15) is 4.79 Å². The third-order valence-corrected chi connectivity index (χ3v) is 5.45. The summed E-state index contributed by atoms with van der Waals surface area (Å²) in [5, 5.41) is 0. The van der Waals surface area contributed by atoms with Crippen LogP contribution in [0.3, 0.4) is 0 Å². The maximum atomic E-state index is 11.9. The normalized spacial score (nSPS) is 16.2. The fraction of sp³-hybridized carbons (Fsp3) is 0.955. The van der Waals surface area contributed by atoms with Gasteiger partial charge in [-0.2, -0.15) is 0 Å². The molecule has 25 heavy (non-hydrogen) atoms. The molecule has 0 unspecified atom stereocenters. The summed E-state index contributed by atoms with van der Waals surface area (Å²) in [7, 11) is 2.13. The third-order valence-electron chi connectivity index (χ3n) is 5.45. The van der Waals surface area contributed by atoms with Crippen LogP contribution < -0.4 is 0 Å². The Morgan fingerprint density at radius 2 is 1.24 bits per heavy atom. The fourth-order valence-electron chi connectivity index (χ4n) is 3.63. The summed E-state index contributed by atoms with van der Waals surface area (Å²) in [4.78, 5) is 14.2. The van der Waals surface area contributed by atoms with Crippen LogP contribution in [-0.2, 0) is 9.53 Å². The molecule has 0 N–H and O–H groups in total. The molecule has 0 aromatic rings. The van der Waals surface area contributed by atoms with E-state index >= 15 is 0 Å². The Bertz CT molecular complexity index is 311. The minimum absolute atomic E-state index is 0.0256. The molecule has 1 heterocycles. The van der Waals surface area contributed by atoms with Gasteiger partial charge in [0.05, 0.1) is 0 Å². The molecule has 3 heteroatoms. The Balaban J connectivity index is 1.78. The highest BCUT2D eigenvalue weighted by atomic mass is 16.5. The van der Waals surface area contributed by atoms with Gasteiger partial charge in [-0.25, -0.2) is 0 Å². The molecule has 0 atom stereocenters. The van der Waals surface area contributed by atoms with E-state index in [1.54, 1.807) is 0 Å². The second-order valence-electron chi connectivity index (χ2n) is 7.99. The van der Waals surface area contributed by atoms with Gasteiger partial charge in [0.15, 0.2) is 0 Å². The summed E-state index contributed by atoms with van der Waals surface area (Å²) in [6.07, 6.45) is 20.2. The topological polar surface area (TPSA) is 29.5 Å². The number of unbranched alkanes of at least 4 members (excludes halogenated alkanes) is 12. The quantitative estimate of drug-likeness (QED) is 0.263. The lowest BCUT2D eigenvalue weighted by atomic mass is 10.0. The molecule has 0 saturated carbocycles. The van der Waals surface area contributed by atoms with Crippen molar-refractivity contribution in [1.29, 1.82) is 0 Å². The van der Waals surface area contributed by atoms with Crippen molar-refractivity contribution < 1.29 is 9.53 Å². The maximum absolute atomic E-state index is 11.9. The van der Waals surface area contributed by atoms with Crippen LogP contribution >= 0.6 is 0 Å². The van der Waals surface area contributed by atoms with E-state index in [2.05, 4.69) is 18.9 Å². The predicted octanol–water partition coefficient (Wildman–Crippen LogP) is 6.11. The number of likely N-dealkylation sites (tertiary alicyclic amines) is 1. The second kappa shape index (κ2) is 15.7. The van der Waals surface area contributed by atoms with Gasteiger partial charge in [0.25, 0.3) is 0 Å². The van der Waals surface area contributed by atoms with Gasteiger partial charge < -0.3 is 9.64 Å². The Morgan fingerprint density at radius 3 is 1.72 bits per heavy atom. The predicted molar refractivity (Wildman–Crippen MR) is 107 cm³/mol. The van der Waals surface area contributed by atoms with E-state index in [0.717, 1.165) is 32.4 Å². The lowest BCUT2D eigenvalue weighted by Crippen LogP contribution is -2.35. The van der Waals surface area contributed by atoms with E-state index < -0.39 is 0 Å². The van der Waals surface area contributed by atoms with E-state index in [0.29, 0.717) is 6.42 Å². The summed E-state index contributed by atoms with van der Waals surface area (Å²) in [5.41, 5.74) is 0. The zero-order chi connectivity index (χ0) is 18.2.